The molecule has 0 saturated heterocycles. The predicted molar refractivity (Wildman–Crippen MR) is 99.1 cm³/mol. The van der Waals surface area contributed by atoms with Crippen LogP contribution in [-0.2, 0) is 14.3 Å². The summed E-state index contributed by atoms with van der Waals surface area (Å²) in [6.45, 7) is 5.19. The monoisotopic (exact) mass is 389 g/mol. The van der Waals surface area contributed by atoms with E-state index in [4.69, 9.17) is 18.6 Å². The van der Waals surface area contributed by atoms with E-state index in [0.717, 1.165) is 0 Å². The molecule has 0 unspecified atom stereocenters. The molecule has 0 aliphatic carbocycles. The van der Waals surface area contributed by atoms with Crippen LogP contribution in [0.4, 0.5) is 0 Å². The zero-order valence-corrected chi connectivity index (χ0v) is 16.0. The lowest BCUT2D eigenvalue weighted by atomic mass is 10.1. The van der Waals surface area contributed by atoms with Gasteiger partial charge in [0.1, 0.15) is 11.5 Å². The summed E-state index contributed by atoms with van der Waals surface area (Å²) in [5, 5.41) is 2.73. The summed E-state index contributed by atoms with van der Waals surface area (Å²) in [4.78, 5) is 36.2. The average Bonchev–Trinajstić information content (AvgIpc) is 3.21. The maximum atomic E-state index is 12.1. The molecule has 2 rings (SSSR count). The summed E-state index contributed by atoms with van der Waals surface area (Å²) in [7, 11) is 0. The number of carbonyl (C=O) groups excluding carboxylic acids is 3. The maximum absolute atomic E-state index is 12.1. The molecule has 8 nitrogen and oxygen atoms in total. The molecule has 0 radical (unpaired) electrons. The van der Waals surface area contributed by atoms with Crippen molar-refractivity contribution < 1.29 is 33.0 Å². The normalized spacial score (nSPS) is 11.4. The molecular formula is C20H23NO7. The Morgan fingerprint density at radius 3 is 2.14 bits per heavy atom. The van der Waals surface area contributed by atoms with Gasteiger partial charge in [0.25, 0.3) is 5.91 Å². The Kier molecular flexibility index (Phi) is 7.62. The number of amides is 1. The van der Waals surface area contributed by atoms with E-state index in [1.165, 1.54) is 24.5 Å². The summed E-state index contributed by atoms with van der Waals surface area (Å²) < 4.78 is 20.6. The first-order valence-electron chi connectivity index (χ1n) is 8.89. The van der Waals surface area contributed by atoms with Crippen molar-refractivity contribution in [2.45, 2.75) is 26.8 Å². The molecule has 1 heterocycles. The van der Waals surface area contributed by atoms with E-state index in [2.05, 4.69) is 5.32 Å². The van der Waals surface area contributed by atoms with E-state index in [-0.39, 0.29) is 48.6 Å². The third-order valence-electron chi connectivity index (χ3n) is 3.65. The Labute approximate surface area is 162 Å². The Balaban J connectivity index is 2.08. The zero-order chi connectivity index (χ0) is 20.5. The topological polar surface area (TPSA) is 104 Å². The number of nitrogens with one attached hydrogen (secondary N) is 1. The quantitative estimate of drug-likeness (QED) is 0.658. The summed E-state index contributed by atoms with van der Waals surface area (Å²) >= 11 is 0. The van der Waals surface area contributed by atoms with Crippen molar-refractivity contribution in [3.63, 3.8) is 0 Å². The molecule has 0 aliphatic rings. The molecule has 2 aromatic rings. The van der Waals surface area contributed by atoms with Crippen molar-refractivity contribution in [2.24, 2.45) is 0 Å². The Bertz CT molecular complexity index is 778. The highest BCUT2D eigenvalue weighted by atomic mass is 16.5. The highest BCUT2D eigenvalue weighted by Crippen LogP contribution is 2.20. The number of ether oxygens (including phenoxy) is 3. The summed E-state index contributed by atoms with van der Waals surface area (Å²) in [6, 6.07) is 7.33. The third kappa shape index (κ3) is 5.87. The van der Waals surface area contributed by atoms with Crippen molar-refractivity contribution in [1.82, 2.24) is 5.32 Å². The van der Waals surface area contributed by atoms with Gasteiger partial charge in [-0.2, -0.15) is 0 Å². The van der Waals surface area contributed by atoms with Gasteiger partial charge in [-0.3, -0.25) is 4.79 Å². The number of esters is 2. The zero-order valence-electron chi connectivity index (χ0n) is 16.0. The van der Waals surface area contributed by atoms with Gasteiger partial charge in [-0.1, -0.05) is 0 Å². The largest absolute Gasteiger partial charge is 0.484 e. The lowest BCUT2D eigenvalue weighted by Crippen LogP contribution is -2.31. The SMILES string of the molecule is CCOC(=O)c1cc(OCC(=O)N[C@@H](C)c2ccco2)cc(C(=O)OCC)c1. The molecule has 8 heteroatoms. The lowest BCUT2D eigenvalue weighted by Gasteiger charge is -2.13. The Morgan fingerprint density at radius 2 is 1.64 bits per heavy atom. The van der Waals surface area contributed by atoms with E-state index in [9.17, 15) is 14.4 Å². The van der Waals surface area contributed by atoms with Crippen LogP contribution in [0.5, 0.6) is 5.75 Å². The third-order valence-corrected chi connectivity index (χ3v) is 3.65. The van der Waals surface area contributed by atoms with E-state index < -0.39 is 11.9 Å². The molecule has 0 bridgehead atoms. The molecule has 150 valence electrons. The highest BCUT2D eigenvalue weighted by molar-refractivity contribution is 5.96. The number of furan rings is 1. The van der Waals surface area contributed by atoms with Gasteiger partial charge in [0.05, 0.1) is 36.6 Å². The second-order valence-corrected chi connectivity index (χ2v) is 5.78. The van der Waals surface area contributed by atoms with E-state index in [1.54, 1.807) is 32.9 Å². The fourth-order valence-corrected chi connectivity index (χ4v) is 2.39. The first-order valence-corrected chi connectivity index (χ1v) is 8.89. The minimum absolute atomic E-state index is 0.131. The average molecular weight is 389 g/mol. The van der Waals surface area contributed by atoms with Crippen molar-refractivity contribution in [3.8, 4) is 5.75 Å². The number of hydrogen-bond acceptors (Lipinski definition) is 7. The number of benzene rings is 1. The van der Waals surface area contributed by atoms with Crippen LogP contribution < -0.4 is 10.1 Å². The van der Waals surface area contributed by atoms with E-state index in [1.807, 2.05) is 0 Å². The molecule has 0 spiro atoms. The molecule has 0 saturated carbocycles. The summed E-state index contributed by atoms with van der Waals surface area (Å²) in [5.41, 5.74) is 0.263. The van der Waals surface area contributed by atoms with Crippen LogP contribution in [-0.4, -0.2) is 37.7 Å². The number of carbonyl (C=O) groups is 3. The molecule has 1 amide bonds. The first kappa shape index (κ1) is 21.0. The van der Waals surface area contributed by atoms with Gasteiger partial charge in [-0.15, -0.1) is 0 Å². The fourth-order valence-electron chi connectivity index (χ4n) is 2.39. The van der Waals surface area contributed by atoms with Crippen LogP contribution in [0.3, 0.4) is 0 Å². The lowest BCUT2D eigenvalue weighted by molar-refractivity contribution is -0.123. The van der Waals surface area contributed by atoms with Crippen molar-refractivity contribution in [1.29, 1.82) is 0 Å². The minimum Gasteiger partial charge on any atom is -0.484 e. The van der Waals surface area contributed by atoms with Crippen molar-refractivity contribution in [3.05, 3.63) is 53.5 Å². The van der Waals surface area contributed by atoms with Crippen LogP contribution in [0.1, 0.15) is 53.3 Å². The molecular weight excluding hydrogens is 366 g/mol. The van der Waals surface area contributed by atoms with Crippen molar-refractivity contribution >= 4 is 17.8 Å². The minimum atomic E-state index is -0.602. The summed E-state index contributed by atoms with van der Waals surface area (Å²) in [5.74, 6) is -0.802. The van der Waals surface area contributed by atoms with Crippen LogP contribution in [0, 0.1) is 0 Å². The Morgan fingerprint density at radius 1 is 1.04 bits per heavy atom. The van der Waals surface area contributed by atoms with Gasteiger partial charge in [0, 0.05) is 0 Å². The number of rotatable bonds is 9. The molecule has 28 heavy (non-hydrogen) atoms. The summed E-state index contributed by atoms with van der Waals surface area (Å²) in [6.07, 6.45) is 1.52. The Hall–Kier alpha value is -3.29. The molecule has 0 aliphatic heterocycles. The van der Waals surface area contributed by atoms with Gasteiger partial charge < -0.3 is 23.9 Å². The molecule has 1 aromatic heterocycles. The van der Waals surface area contributed by atoms with E-state index in [0.29, 0.717) is 5.76 Å². The second-order valence-electron chi connectivity index (χ2n) is 5.78. The molecule has 0 fully saturated rings. The van der Waals surface area contributed by atoms with Crippen LogP contribution in [0.15, 0.2) is 41.0 Å². The van der Waals surface area contributed by atoms with Gasteiger partial charge in [0.15, 0.2) is 6.61 Å². The van der Waals surface area contributed by atoms with Gasteiger partial charge in [-0.25, -0.2) is 9.59 Å². The predicted octanol–water partition coefficient (Wildman–Crippen LogP) is 2.89. The standard InChI is InChI=1S/C20H23NO7/c1-4-25-19(23)14-9-15(20(24)26-5-2)11-16(10-14)28-12-18(22)21-13(3)17-7-6-8-27-17/h6-11,13H,4-5,12H2,1-3H3,(H,21,22)/t13-/m0/s1. The highest BCUT2D eigenvalue weighted by Gasteiger charge is 2.17. The fraction of sp³-hybridized carbons (Fsp3) is 0.350. The van der Waals surface area contributed by atoms with Crippen LogP contribution in [0.25, 0.3) is 0 Å². The van der Waals surface area contributed by atoms with E-state index >= 15 is 0 Å². The maximum Gasteiger partial charge on any atom is 0.338 e. The van der Waals surface area contributed by atoms with Gasteiger partial charge >= 0.3 is 11.9 Å². The first-order chi connectivity index (χ1) is 13.4. The van der Waals surface area contributed by atoms with Crippen LogP contribution in [0.2, 0.25) is 0 Å². The van der Waals surface area contributed by atoms with Gasteiger partial charge in [-0.05, 0) is 51.1 Å². The molecule has 1 atom stereocenters. The smallest absolute Gasteiger partial charge is 0.338 e. The van der Waals surface area contributed by atoms with Crippen molar-refractivity contribution in [2.75, 3.05) is 19.8 Å². The van der Waals surface area contributed by atoms with Crippen LogP contribution >= 0.6 is 0 Å². The number of hydrogen-bond donors (Lipinski definition) is 1. The van der Waals surface area contributed by atoms with Gasteiger partial charge in [0.2, 0.25) is 0 Å². The second kappa shape index (κ2) is 10.1. The molecule has 1 aromatic carbocycles. The molecule has 1 N–H and O–H groups in total.